The molecular formula is C21H20N2O5S. The van der Waals surface area contributed by atoms with E-state index in [9.17, 15) is 18.0 Å². The summed E-state index contributed by atoms with van der Waals surface area (Å²) in [5.74, 6) is -1.18. The van der Waals surface area contributed by atoms with Gasteiger partial charge in [0.05, 0.1) is 16.5 Å². The number of carbonyl (C=O) groups is 2. The highest BCUT2D eigenvalue weighted by atomic mass is 32.2. The van der Waals surface area contributed by atoms with Crippen molar-refractivity contribution in [1.29, 1.82) is 0 Å². The Labute approximate surface area is 168 Å². The van der Waals surface area contributed by atoms with Gasteiger partial charge in [0.2, 0.25) is 10.0 Å². The Hall–Kier alpha value is -3.23. The standard InChI is InChI=1S/C21H20N2O5S/c1-14(18-8-4-6-15-5-2-3-7-19(15)18)23-20(24)13-28-21(25)16-9-11-17(12-10-16)29(22,26)27/h2-12,14H,13H2,1H3,(H,23,24)(H2,22,26,27). The van der Waals surface area contributed by atoms with Gasteiger partial charge in [-0.25, -0.2) is 18.4 Å². The molecule has 0 aliphatic rings. The molecule has 0 spiro atoms. The fraction of sp³-hybridized carbons (Fsp3) is 0.143. The summed E-state index contributed by atoms with van der Waals surface area (Å²) in [4.78, 5) is 24.1. The molecule has 0 aliphatic heterocycles. The molecule has 0 fully saturated rings. The maximum Gasteiger partial charge on any atom is 0.338 e. The summed E-state index contributed by atoms with van der Waals surface area (Å²) in [5, 5.41) is 9.93. The predicted molar refractivity (Wildman–Crippen MR) is 109 cm³/mol. The van der Waals surface area contributed by atoms with Crippen LogP contribution in [0.25, 0.3) is 10.8 Å². The third-order valence-corrected chi connectivity index (χ3v) is 5.35. The number of amides is 1. The van der Waals surface area contributed by atoms with Crippen molar-refractivity contribution >= 4 is 32.7 Å². The molecule has 7 nitrogen and oxygen atoms in total. The van der Waals surface area contributed by atoms with Gasteiger partial charge in [-0.05, 0) is 47.5 Å². The van der Waals surface area contributed by atoms with Gasteiger partial charge in [-0.1, -0.05) is 42.5 Å². The number of rotatable bonds is 6. The molecular weight excluding hydrogens is 392 g/mol. The Morgan fingerprint density at radius 1 is 1.00 bits per heavy atom. The number of sulfonamides is 1. The van der Waals surface area contributed by atoms with Crippen LogP contribution < -0.4 is 10.5 Å². The van der Waals surface area contributed by atoms with E-state index in [-0.39, 0.29) is 16.5 Å². The van der Waals surface area contributed by atoms with Crippen LogP contribution in [0.15, 0.2) is 71.6 Å². The van der Waals surface area contributed by atoms with Crippen LogP contribution in [-0.4, -0.2) is 26.9 Å². The van der Waals surface area contributed by atoms with Gasteiger partial charge in [-0.15, -0.1) is 0 Å². The summed E-state index contributed by atoms with van der Waals surface area (Å²) < 4.78 is 27.5. The van der Waals surface area contributed by atoms with Crippen LogP contribution in [0, 0.1) is 0 Å². The number of nitrogens with one attached hydrogen (secondary N) is 1. The smallest absolute Gasteiger partial charge is 0.338 e. The van der Waals surface area contributed by atoms with Crippen LogP contribution in [0.2, 0.25) is 0 Å². The lowest BCUT2D eigenvalue weighted by Crippen LogP contribution is -2.31. The van der Waals surface area contributed by atoms with Crippen LogP contribution in [-0.2, 0) is 19.6 Å². The summed E-state index contributed by atoms with van der Waals surface area (Å²) in [7, 11) is -3.84. The van der Waals surface area contributed by atoms with E-state index in [1.165, 1.54) is 24.3 Å². The minimum absolute atomic E-state index is 0.115. The monoisotopic (exact) mass is 412 g/mol. The maximum atomic E-state index is 12.2. The van der Waals surface area contributed by atoms with Crippen LogP contribution in [0.1, 0.15) is 28.9 Å². The van der Waals surface area contributed by atoms with E-state index < -0.39 is 28.5 Å². The van der Waals surface area contributed by atoms with Gasteiger partial charge in [0.15, 0.2) is 6.61 Å². The molecule has 1 atom stereocenters. The quantitative estimate of drug-likeness (QED) is 0.604. The first kappa shape index (κ1) is 20.5. The molecule has 1 amide bonds. The maximum absolute atomic E-state index is 12.2. The molecule has 3 aromatic carbocycles. The van der Waals surface area contributed by atoms with E-state index in [1.807, 2.05) is 49.4 Å². The topological polar surface area (TPSA) is 116 Å². The van der Waals surface area contributed by atoms with E-state index in [2.05, 4.69) is 5.32 Å². The third kappa shape index (κ3) is 4.98. The highest BCUT2D eigenvalue weighted by Gasteiger charge is 2.15. The Morgan fingerprint density at radius 2 is 1.66 bits per heavy atom. The minimum atomic E-state index is -3.84. The first-order chi connectivity index (χ1) is 13.8. The summed E-state index contributed by atoms with van der Waals surface area (Å²) in [5.41, 5.74) is 1.08. The van der Waals surface area contributed by atoms with Crippen LogP contribution >= 0.6 is 0 Å². The van der Waals surface area contributed by atoms with Crippen LogP contribution in [0.4, 0.5) is 0 Å². The highest BCUT2D eigenvalue weighted by Crippen LogP contribution is 2.23. The summed E-state index contributed by atoms with van der Waals surface area (Å²) >= 11 is 0. The molecule has 150 valence electrons. The molecule has 0 aromatic heterocycles. The Bertz CT molecular complexity index is 1150. The predicted octanol–water partition coefficient (Wildman–Crippen LogP) is 2.52. The average Bonchev–Trinajstić information content (AvgIpc) is 2.71. The largest absolute Gasteiger partial charge is 0.452 e. The zero-order valence-corrected chi connectivity index (χ0v) is 16.5. The molecule has 29 heavy (non-hydrogen) atoms. The molecule has 0 radical (unpaired) electrons. The lowest BCUT2D eigenvalue weighted by Gasteiger charge is -2.16. The van der Waals surface area contributed by atoms with E-state index in [0.29, 0.717) is 0 Å². The number of fused-ring (bicyclic) bond motifs is 1. The van der Waals surface area contributed by atoms with Crippen molar-refractivity contribution in [2.24, 2.45) is 5.14 Å². The zero-order valence-electron chi connectivity index (χ0n) is 15.7. The normalized spacial score (nSPS) is 12.3. The van der Waals surface area contributed by atoms with E-state index in [1.54, 1.807) is 0 Å². The second-order valence-corrected chi connectivity index (χ2v) is 8.06. The van der Waals surface area contributed by atoms with Crippen molar-refractivity contribution < 1.29 is 22.7 Å². The fourth-order valence-corrected chi connectivity index (χ4v) is 3.50. The van der Waals surface area contributed by atoms with Gasteiger partial charge in [0.1, 0.15) is 0 Å². The lowest BCUT2D eigenvalue weighted by molar-refractivity contribution is -0.124. The first-order valence-electron chi connectivity index (χ1n) is 8.83. The first-order valence-corrected chi connectivity index (χ1v) is 10.4. The second kappa shape index (κ2) is 8.42. The number of hydrogen-bond donors (Lipinski definition) is 2. The van der Waals surface area contributed by atoms with Crippen molar-refractivity contribution in [2.75, 3.05) is 6.61 Å². The molecule has 0 saturated heterocycles. The van der Waals surface area contributed by atoms with Gasteiger partial charge >= 0.3 is 5.97 Å². The highest BCUT2D eigenvalue weighted by molar-refractivity contribution is 7.89. The molecule has 3 N–H and O–H groups in total. The number of esters is 1. The van der Waals surface area contributed by atoms with Crippen molar-refractivity contribution in [2.45, 2.75) is 17.9 Å². The number of benzene rings is 3. The molecule has 3 rings (SSSR count). The average molecular weight is 412 g/mol. The van der Waals surface area contributed by atoms with Crippen LogP contribution in [0.3, 0.4) is 0 Å². The number of ether oxygens (including phenoxy) is 1. The van der Waals surface area contributed by atoms with Crippen molar-refractivity contribution in [3.63, 3.8) is 0 Å². The lowest BCUT2D eigenvalue weighted by atomic mass is 10.00. The SMILES string of the molecule is CC(NC(=O)COC(=O)c1ccc(S(N)(=O)=O)cc1)c1cccc2ccccc12. The minimum Gasteiger partial charge on any atom is -0.452 e. The van der Waals surface area contributed by atoms with Crippen molar-refractivity contribution in [3.05, 3.63) is 77.9 Å². The Balaban J connectivity index is 1.60. The van der Waals surface area contributed by atoms with Crippen molar-refractivity contribution in [3.8, 4) is 0 Å². The summed E-state index contributed by atoms with van der Waals surface area (Å²) in [6.07, 6.45) is 0. The van der Waals surface area contributed by atoms with Gasteiger partial charge in [0, 0.05) is 0 Å². The molecule has 8 heteroatoms. The number of hydrogen-bond acceptors (Lipinski definition) is 5. The number of primary sulfonamides is 1. The van der Waals surface area contributed by atoms with E-state index in [4.69, 9.17) is 9.88 Å². The Morgan fingerprint density at radius 3 is 2.34 bits per heavy atom. The van der Waals surface area contributed by atoms with Crippen LogP contribution in [0.5, 0.6) is 0 Å². The third-order valence-electron chi connectivity index (χ3n) is 4.42. The van der Waals surface area contributed by atoms with Gasteiger partial charge in [-0.3, -0.25) is 4.79 Å². The van der Waals surface area contributed by atoms with Gasteiger partial charge in [-0.2, -0.15) is 0 Å². The summed E-state index contributed by atoms with van der Waals surface area (Å²) in [6.45, 7) is 1.40. The summed E-state index contributed by atoms with van der Waals surface area (Å²) in [6, 6.07) is 18.4. The van der Waals surface area contributed by atoms with E-state index in [0.717, 1.165) is 16.3 Å². The number of carbonyl (C=O) groups excluding carboxylic acids is 2. The zero-order chi connectivity index (χ0) is 21.0. The molecule has 0 aliphatic carbocycles. The van der Waals surface area contributed by atoms with Gasteiger partial charge in [0.25, 0.3) is 5.91 Å². The van der Waals surface area contributed by atoms with E-state index >= 15 is 0 Å². The Kier molecular flexibility index (Phi) is 5.95. The van der Waals surface area contributed by atoms with Gasteiger partial charge < -0.3 is 10.1 Å². The fourth-order valence-electron chi connectivity index (χ4n) is 2.98. The molecule has 3 aromatic rings. The number of nitrogens with two attached hydrogens (primary N) is 1. The molecule has 0 saturated carbocycles. The second-order valence-electron chi connectivity index (χ2n) is 6.50. The molecule has 0 heterocycles. The molecule has 0 bridgehead atoms. The van der Waals surface area contributed by atoms with Crippen molar-refractivity contribution in [1.82, 2.24) is 5.32 Å². The molecule has 1 unspecified atom stereocenters.